The van der Waals surface area contributed by atoms with Crippen LogP contribution in [-0.4, -0.2) is 59.7 Å². The van der Waals surface area contributed by atoms with Crippen molar-refractivity contribution >= 4 is 0 Å². The van der Waals surface area contributed by atoms with Gasteiger partial charge in [0.25, 0.3) is 0 Å². The molecule has 0 unspecified atom stereocenters. The van der Waals surface area contributed by atoms with Crippen LogP contribution < -0.4 is 4.74 Å². The molecule has 1 aromatic rings. The Labute approximate surface area is 126 Å². The second-order valence-electron chi connectivity index (χ2n) is 5.02. The Bertz CT molecular complexity index is 367. The Kier molecular flexibility index (Phi) is 9.61. The maximum absolute atomic E-state index is 9.54. The quantitative estimate of drug-likeness (QED) is 0.511. The third kappa shape index (κ3) is 7.90. The molecule has 0 spiro atoms. The Morgan fingerprint density at radius 1 is 0.857 bits per heavy atom. The van der Waals surface area contributed by atoms with Gasteiger partial charge in [-0.25, -0.2) is 0 Å². The molecule has 0 aliphatic carbocycles. The molecule has 0 saturated carbocycles. The topological polar surface area (TPSA) is 73.2 Å². The summed E-state index contributed by atoms with van der Waals surface area (Å²) in [4.78, 5) is 2.07. The number of ether oxygens (including phenoxy) is 1. The molecule has 0 heterocycles. The number of aliphatic hydroxyl groups excluding tert-OH is 2. The average Bonchev–Trinajstić information content (AvgIpc) is 2.48. The molecule has 0 saturated heterocycles. The number of aliphatic hydroxyl groups is 2. The summed E-state index contributed by atoms with van der Waals surface area (Å²) in [6, 6.07) is 6.99. The molecule has 1 aromatic carbocycles. The van der Waals surface area contributed by atoms with Crippen molar-refractivity contribution in [3.8, 4) is 11.5 Å². The summed E-state index contributed by atoms with van der Waals surface area (Å²) in [5, 5.41) is 27.4. The highest BCUT2D eigenvalue weighted by atomic mass is 16.5. The number of phenolic OH excluding ortho intramolecular Hbond substituents is 1. The van der Waals surface area contributed by atoms with Crippen LogP contribution in [0, 0.1) is 0 Å². The molecule has 5 heteroatoms. The van der Waals surface area contributed by atoms with Crippen LogP contribution in [0.4, 0.5) is 0 Å². The number of phenols is 1. The molecule has 0 fully saturated rings. The monoisotopic (exact) mass is 297 g/mol. The molecule has 0 bridgehead atoms. The molecule has 0 aromatic heterocycles. The fourth-order valence-corrected chi connectivity index (χ4v) is 2.17. The van der Waals surface area contributed by atoms with Gasteiger partial charge in [-0.2, -0.15) is 0 Å². The predicted molar refractivity (Wildman–Crippen MR) is 82.7 cm³/mol. The Morgan fingerprint density at radius 3 is 2.19 bits per heavy atom. The first-order valence-corrected chi connectivity index (χ1v) is 7.62. The van der Waals surface area contributed by atoms with Crippen LogP contribution in [0.5, 0.6) is 11.5 Å². The SMILES string of the molecule is OCCN(CCO)CCCCCCOc1ccccc1O. The molecule has 5 nitrogen and oxygen atoms in total. The second kappa shape index (κ2) is 11.4. The van der Waals surface area contributed by atoms with E-state index in [1.807, 2.05) is 6.07 Å². The van der Waals surface area contributed by atoms with Crippen molar-refractivity contribution < 1.29 is 20.1 Å². The lowest BCUT2D eigenvalue weighted by Gasteiger charge is -2.19. The highest BCUT2D eigenvalue weighted by molar-refractivity contribution is 5.37. The highest BCUT2D eigenvalue weighted by Gasteiger charge is 2.03. The van der Waals surface area contributed by atoms with Crippen molar-refractivity contribution in [1.29, 1.82) is 0 Å². The summed E-state index contributed by atoms with van der Waals surface area (Å²) in [5.41, 5.74) is 0. The van der Waals surface area contributed by atoms with Crippen LogP contribution in [0.25, 0.3) is 0 Å². The molecule has 0 aliphatic rings. The molecule has 0 amide bonds. The number of hydrogen-bond acceptors (Lipinski definition) is 5. The van der Waals surface area contributed by atoms with E-state index >= 15 is 0 Å². The van der Waals surface area contributed by atoms with Crippen LogP contribution in [-0.2, 0) is 0 Å². The van der Waals surface area contributed by atoms with Gasteiger partial charge in [-0.1, -0.05) is 25.0 Å². The van der Waals surface area contributed by atoms with Crippen molar-refractivity contribution in [2.75, 3.05) is 39.5 Å². The fourth-order valence-electron chi connectivity index (χ4n) is 2.17. The van der Waals surface area contributed by atoms with Crippen molar-refractivity contribution in [1.82, 2.24) is 4.90 Å². The summed E-state index contributed by atoms with van der Waals surface area (Å²) < 4.78 is 5.52. The Balaban J connectivity index is 2.03. The van der Waals surface area contributed by atoms with E-state index in [-0.39, 0.29) is 19.0 Å². The highest BCUT2D eigenvalue weighted by Crippen LogP contribution is 2.24. The van der Waals surface area contributed by atoms with Crippen LogP contribution in [0.15, 0.2) is 24.3 Å². The van der Waals surface area contributed by atoms with Gasteiger partial charge in [-0.3, -0.25) is 4.90 Å². The maximum Gasteiger partial charge on any atom is 0.160 e. The van der Waals surface area contributed by atoms with Gasteiger partial charge in [0.2, 0.25) is 0 Å². The van der Waals surface area contributed by atoms with E-state index in [0.717, 1.165) is 32.2 Å². The summed E-state index contributed by atoms with van der Waals surface area (Å²) in [5.74, 6) is 0.718. The van der Waals surface area contributed by atoms with Crippen molar-refractivity contribution in [3.63, 3.8) is 0 Å². The first-order chi connectivity index (χ1) is 10.3. The molecule has 3 N–H and O–H groups in total. The van der Waals surface area contributed by atoms with Crippen molar-refractivity contribution in [2.45, 2.75) is 25.7 Å². The first kappa shape index (κ1) is 17.8. The van der Waals surface area contributed by atoms with Gasteiger partial charge in [-0.15, -0.1) is 0 Å². The number of para-hydroxylation sites is 2. The Morgan fingerprint density at radius 2 is 1.52 bits per heavy atom. The molecule has 21 heavy (non-hydrogen) atoms. The molecule has 120 valence electrons. The molecule has 1 rings (SSSR count). The maximum atomic E-state index is 9.54. The number of benzene rings is 1. The van der Waals surface area contributed by atoms with Crippen LogP contribution in [0.3, 0.4) is 0 Å². The number of aromatic hydroxyl groups is 1. The Hall–Kier alpha value is -1.30. The van der Waals surface area contributed by atoms with Crippen LogP contribution in [0.1, 0.15) is 25.7 Å². The lowest BCUT2D eigenvalue weighted by atomic mass is 10.2. The van der Waals surface area contributed by atoms with Crippen LogP contribution in [0.2, 0.25) is 0 Å². The summed E-state index contributed by atoms with van der Waals surface area (Å²) in [7, 11) is 0. The van der Waals surface area contributed by atoms with Gasteiger partial charge >= 0.3 is 0 Å². The molecule has 0 radical (unpaired) electrons. The van der Waals surface area contributed by atoms with E-state index in [1.165, 1.54) is 0 Å². The average molecular weight is 297 g/mol. The minimum Gasteiger partial charge on any atom is -0.504 e. The van der Waals surface area contributed by atoms with Gasteiger partial charge in [-0.05, 0) is 31.5 Å². The standard InChI is InChI=1S/C16H27NO4/c18-12-10-17(11-13-19)9-5-1-2-6-14-21-16-8-4-3-7-15(16)20/h3-4,7-8,18-20H,1-2,5-6,9-14H2. The smallest absolute Gasteiger partial charge is 0.160 e. The first-order valence-electron chi connectivity index (χ1n) is 7.62. The van der Waals surface area contributed by atoms with Gasteiger partial charge in [0.05, 0.1) is 19.8 Å². The van der Waals surface area contributed by atoms with E-state index in [2.05, 4.69) is 4.90 Å². The lowest BCUT2D eigenvalue weighted by molar-refractivity contribution is 0.159. The molecule has 0 aliphatic heterocycles. The predicted octanol–water partition coefficient (Wildman–Crippen LogP) is 1.62. The molecular weight excluding hydrogens is 270 g/mol. The van der Waals surface area contributed by atoms with Gasteiger partial charge in [0.1, 0.15) is 0 Å². The van der Waals surface area contributed by atoms with Crippen molar-refractivity contribution in [2.24, 2.45) is 0 Å². The number of hydrogen-bond donors (Lipinski definition) is 3. The zero-order chi connectivity index (χ0) is 15.3. The summed E-state index contributed by atoms with van der Waals surface area (Å²) in [6.45, 7) is 3.02. The van der Waals surface area contributed by atoms with E-state index in [1.54, 1.807) is 18.2 Å². The van der Waals surface area contributed by atoms with E-state index < -0.39 is 0 Å². The van der Waals surface area contributed by atoms with Crippen LogP contribution >= 0.6 is 0 Å². The normalized spacial score (nSPS) is 11.0. The van der Waals surface area contributed by atoms with Gasteiger partial charge in [0.15, 0.2) is 11.5 Å². The van der Waals surface area contributed by atoms with E-state index in [9.17, 15) is 5.11 Å². The van der Waals surface area contributed by atoms with E-state index in [4.69, 9.17) is 14.9 Å². The van der Waals surface area contributed by atoms with E-state index in [0.29, 0.717) is 25.4 Å². The minimum atomic E-state index is 0.133. The second-order valence-corrected chi connectivity index (χ2v) is 5.02. The third-order valence-corrected chi connectivity index (χ3v) is 3.32. The molecular formula is C16H27NO4. The summed E-state index contributed by atoms with van der Waals surface area (Å²) >= 11 is 0. The molecule has 0 atom stereocenters. The summed E-state index contributed by atoms with van der Waals surface area (Å²) in [6.07, 6.45) is 4.17. The minimum absolute atomic E-state index is 0.133. The number of unbranched alkanes of at least 4 members (excludes halogenated alkanes) is 3. The zero-order valence-corrected chi connectivity index (χ0v) is 12.6. The fraction of sp³-hybridized carbons (Fsp3) is 0.625. The van der Waals surface area contributed by atoms with Gasteiger partial charge < -0.3 is 20.1 Å². The lowest BCUT2D eigenvalue weighted by Crippen LogP contribution is -2.30. The van der Waals surface area contributed by atoms with Crippen molar-refractivity contribution in [3.05, 3.63) is 24.3 Å². The van der Waals surface area contributed by atoms with Gasteiger partial charge in [0, 0.05) is 13.1 Å². The third-order valence-electron chi connectivity index (χ3n) is 3.32. The number of rotatable bonds is 12. The zero-order valence-electron chi connectivity index (χ0n) is 12.6. The largest absolute Gasteiger partial charge is 0.504 e. The number of nitrogens with zero attached hydrogens (tertiary/aromatic N) is 1.